The zero-order valence-corrected chi connectivity index (χ0v) is 8.32. The summed E-state index contributed by atoms with van der Waals surface area (Å²) in [6.45, 7) is 2.88. The standard InChI is InChI=1S/C4H7NO2.C4H9NO2/c5-7-4(6)3-1-2-3;1-4(2,5)3(6)7/h3H,1-2,5H2;5H2,1-2H3,(H,6,7). The Morgan fingerprint density at radius 3 is 1.86 bits per heavy atom. The van der Waals surface area contributed by atoms with Gasteiger partial charge in [0.05, 0.1) is 5.92 Å². The van der Waals surface area contributed by atoms with Crippen LogP contribution in [-0.4, -0.2) is 22.6 Å². The van der Waals surface area contributed by atoms with Gasteiger partial charge in [0, 0.05) is 0 Å². The highest BCUT2D eigenvalue weighted by Crippen LogP contribution is 2.29. The lowest BCUT2D eigenvalue weighted by Gasteiger charge is -2.09. The Balaban J connectivity index is 0.000000241. The van der Waals surface area contributed by atoms with Gasteiger partial charge in [0.1, 0.15) is 5.54 Å². The summed E-state index contributed by atoms with van der Waals surface area (Å²) >= 11 is 0. The van der Waals surface area contributed by atoms with Gasteiger partial charge >= 0.3 is 11.9 Å². The highest BCUT2D eigenvalue weighted by Gasteiger charge is 2.30. The van der Waals surface area contributed by atoms with Gasteiger partial charge in [-0.25, -0.2) is 0 Å². The quantitative estimate of drug-likeness (QED) is 0.528. The number of carboxylic acids is 1. The largest absolute Gasteiger partial charge is 0.480 e. The summed E-state index contributed by atoms with van der Waals surface area (Å²) in [6, 6.07) is 0. The molecule has 1 fully saturated rings. The van der Waals surface area contributed by atoms with Gasteiger partial charge < -0.3 is 15.7 Å². The van der Waals surface area contributed by atoms with Gasteiger partial charge in [-0.15, -0.1) is 0 Å². The smallest absolute Gasteiger partial charge is 0.327 e. The van der Waals surface area contributed by atoms with Gasteiger partial charge in [0.25, 0.3) is 0 Å². The molecule has 0 saturated heterocycles. The Morgan fingerprint density at radius 2 is 1.79 bits per heavy atom. The first-order valence-corrected chi connectivity index (χ1v) is 4.22. The number of nitrogens with two attached hydrogens (primary N) is 2. The molecule has 1 saturated carbocycles. The van der Waals surface area contributed by atoms with Gasteiger partial charge in [-0.05, 0) is 26.7 Å². The monoisotopic (exact) mass is 204 g/mol. The highest BCUT2D eigenvalue weighted by molar-refractivity contribution is 5.77. The molecule has 5 N–H and O–H groups in total. The van der Waals surface area contributed by atoms with Gasteiger partial charge in [-0.1, -0.05) is 0 Å². The van der Waals surface area contributed by atoms with Crippen molar-refractivity contribution in [3.8, 4) is 0 Å². The molecule has 0 atom stereocenters. The van der Waals surface area contributed by atoms with E-state index in [0.29, 0.717) is 0 Å². The van der Waals surface area contributed by atoms with Crippen LogP contribution in [0, 0.1) is 5.92 Å². The molecule has 6 heteroatoms. The molecule has 1 aliphatic rings. The zero-order chi connectivity index (χ0) is 11.4. The molecule has 6 nitrogen and oxygen atoms in total. The molecule has 0 unspecified atom stereocenters. The van der Waals surface area contributed by atoms with Crippen LogP contribution in [0.25, 0.3) is 0 Å². The van der Waals surface area contributed by atoms with Crippen molar-refractivity contribution in [1.29, 1.82) is 0 Å². The van der Waals surface area contributed by atoms with Crippen LogP contribution in [0.3, 0.4) is 0 Å². The highest BCUT2D eigenvalue weighted by atomic mass is 16.7. The summed E-state index contributed by atoms with van der Waals surface area (Å²) in [5.74, 6) is 3.45. The fourth-order valence-electron chi connectivity index (χ4n) is 0.415. The summed E-state index contributed by atoms with van der Waals surface area (Å²) in [7, 11) is 0. The van der Waals surface area contributed by atoms with Crippen LogP contribution >= 0.6 is 0 Å². The summed E-state index contributed by atoms with van der Waals surface area (Å²) < 4.78 is 0. The molecular weight excluding hydrogens is 188 g/mol. The summed E-state index contributed by atoms with van der Waals surface area (Å²) in [5, 5.41) is 8.12. The fourth-order valence-corrected chi connectivity index (χ4v) is 0.415. The van der Waals surface area contributed by atoms with Crippen molar-refractivity contribution >= 4 is 11.9 Å². The molecule has 82 valence electrons. The molecule has 1 aliphatic carbocycles. The Bertz CT molecular complexity index is 216. The normalized spacial score (nSPS) is 15.1. The third-order valence-electron chi connectivity index (χ3n) is 1.58. The number of carbonyl (C=O) groups is 2. The van der Waals surface area contributed by atoms with Crippen molar-refractivity contribution in [3.05, 3.63) is 0 Å². The summed E-state index contributed by atoms with van der Waals surface area (Å²) in [4.78, 5) is 24.1. The van der Waals surface area contributed by atoms with Gasteiger partial charge in [0.15, 0.2) is 0 Å². The van der Waals surface area contributed by atoms with Crippen molar-refractivity contribution in [2.45, 2.75) is 32.2 Å². The van der Waals surface area contributed by atoms with E-state index in [-0.39, 0.29) is 11.9 Å². The van der Waals surface area contributed by atoms with Crippen LogP contribution in [0.4, 0.5) is 0 Å². The predicted molar refractivity (Wildman–Crippen MR) is 48.9 cm³/mol. The molecule has 14 heavy (non-hydrogen) atoms. The maximum atomic E-state index is 10.2. The Labute approximate surface area is 82.2 Å². The molecule has 0 radical (unpaired) electrons. The lowest BCUT2D eigenvalue weighted by atomic mass is 10.1. The number of hydrogen-bond donors (Lipinski definition) is 3. The number of aliphatic carboxylic acids is 1. The van der Waals surface area contributed by atoms with Crippen molar-refractivity contribution in [3.63, 3.8) is 0 Å². The zero-order valence-electron chi connectivity index (χ0n) is 8.32. The average molecular weight is 204 g/mol. The molecule has 1 rings (SSSR count). The van der Waals surface area contributed by atoms with E-state index in [4.69, 9.17) is 10.8 Å². The van der Waals surface area contributed by atoms with Crippen molar-refractivity contribution in [2.24, 2.45) is 17.5 Å². The fraction of sp³-hybridized carbons (Fsp3) is 0.750. The first kappa shape index (κ1) is 12.9. The maximum absolute atomic E-state index is 10.2. The van der Waals surface area contributed by atoms with E-state index in [0.717, 1.165) is 12.8 Å². The number of hydrogen-bond acceptors (Lipinski definition) is 5. The van der Waals surface area contributed by atoms with Gasteiger partial charge in [-0.2, -0.15) is 5.90 Å². The number of carbonyl (C=O) groups excluding carboxylic acids is 1. The van der Waals surface area contributed by atoms with Crippen LogP contribution in [0.1, 0.15) is 26.7 Å². The third-order valence-corrected chi connectivity index (χ3v) is 1.58. The van der Waals surface area contributed by atoms with Crippen molar-refractivity contribution in [1.82, 2.24) is 0 Å². The molecule has 0 aromatic rings. The van der Waals surface area contributed by atoms with Crippen LogP contribution in [-0.2, 0) is 14.4 Å². The molecule has 0 aromatic heterocycles. The van der Waals surface area contributed by atoms with E-state index in [1.807, 2.05) is 0 Å². The molecule has 0 heterocycles. The minimum atomic E-state index is -1.08. The van der Waals surface area contributed by atoms with E-state index in [2.05, 4.69) is 10.7 Å². The summed E-state index contributed by atoms with van der Waals surface area (Å²) in [6.07, 6.45) is 1.91. The number of carboxylic acid groups (broad SMARTS) is 1. The second kappa shape index (κ2) is 4.92. The number of rotatable bonds is 2. The predicted octanol–water partition coefficient (Wildman–Crippen LogP) is -0.378. The third kappa shape index (κ3) is 5.50. The first-order valence-electron chi connectivity index (χ1n) is 4.22. The van der Waals surface area contributed by atoms with E-state index in [9.17, 15) is 9.59 Å². The van der Waals surface area contributed by atoms with E-state index in [1.54, 1.807) is 0 Å². The second-order valence-corrected chi connectivity index (χ2v) is 3.74. The van der Waals surface area contributed by atoms with Gasteiger partial charge in [0.2, 0.25) is 0 Å². The average Bonchev–Trinajstić information content (AvgIpc) is 2.84. The SMILES string of the molecule is CC(C)(N)C(=O)O.NOC(=O)C1CC1. The van der Waals surface area contributed by atoms with Crippen molar-refractivity contribution < 1.29 is 19.5 Å². The Kier molecular flexibility index (Phi) is 4.52. The lowest BCUT2D eigenvalue weighted by Crippen LogP contribution is -2.41. The molecule has 0 aromatic carbocycles. The Hall–Kier alpha value is -1.14. The van der Waals surface area contributed by atoms with Crippen LogP contribution in [0.5, 0.6) is 0 Å². The van der Waals surface area contributed by atoms with Crippen molar-refractivity contribution in [2.75, 3.05) is 0 Å². The van der Waals surface area contributed by atoms with E-state index in [1.165, 1.54) is 13.8 Å². The molecule has 0 aliphatic heterocycles. The summed E-state index contributed by atoms with van der Waals surface area (Å²) in [5.41, 5.74) is 4.00. The lowest BCUT2D eigenvalue weighted by molar-refractivity contribution is -0.145. The van der Waals surface area contributed by atoms with Gasteiger partial charge in [-0.3, -0.25) is 9.59 Å². The first-order chi connectivity index (χ1) is 6.29. The maximum Gasteiger partial charge on any atom is 0.327 e. The second-order valence-electron chi connectivity index (χ2n) is 3.74. The minimum Gasteiger partial charge on any atom is -0.480 e. The van der Waals surface area contributed by atoms with Crippen LogP contribution in [0.15, 0.2) is 0 Å². The molecular formula is C8H16N2O4. The van der Waals surface area contributed by atoms with E-state index < -0.39 is 11.5 Å². The van der Waals surface area contributed by atoms with Crippen LogP contribution in [0.2, 0.25) is 0 Å². The molecule has 0 bridgehead atoms. The topological polar surface area (TPSA) is 116 Å². The van der Waals surface area contributed by atoms with E-state index >= 15 is 0 Å². The molecule has 0 amide bonds. The van der Waals surface area contributed by atoms with Crippen LogP contribution < -0.4 is 11.6 Å². The minimum absolute atomic E-state index is 0.130. The Morgan fingerprint density at radius 1 is 1.43 bits per heavy atom. The molecule has 0 spiro atoms.